The maximum absolute atomic E-state index is 13.2. The number of methoxy groups -OCH3 is 1. The van der Waals surface area contributed by atoms with Crippen molar-refractivity contribution in [2.24, 2.45) is 0 Å². The van der Waals surface area contributed by atoms with Crippen LogP contribution >= 0.6 is 11.3 Å². The van der Waals surface area contributed by atoms with Gasteiger partial charge in [-0.3, -0.25) is 14.4 Å². The van der Waals surface area contributed by atoms with Gasteiger partial charge in [-0.1, -0.05) is 25.5 Å². The number of hydrogen-bond acceptors (Lipinski definition) is 8. The Morgan fingerprint density at radius 1 is 1.14 bits per heavy atom. The zero-order valence-corrected chi connectivity index (χ0v) is 21.8. The number of rotatable bonds is 11. The second-order valence-electron chi connectivity index (χ2n) is 8.48. The number of benzene rings is 1. The number of carbonyl (C=O) groups is 4. The second-order valence-corrected chi connectivity index (χ2v) is 9.34. The molecule has 3 amide bonds. The monoisotopic (exact) mass is 532 g/mol. The summed E-state index contributed by atoms with van der Waals surface area (Å²) in [5.41, 5.74) is 0.859. The van der Waals surface area contributed by atoms with Crippen LogP contribution in [0, 0.1) is 0 Å². The Labute approximate surface area is 219 Å². The lowest BCUT2D eigenvalue weighted by molar-refractivity contribution is -0.138. The zero-order chi connectivity index (χ0) is 26.8. The first-order valence-electron chi connectivity index (χ1n) is 12.2. The summed E-state index contributed by atoms with van der Waals surface area (Å²) in [4.78, 5) is 57.0. The molecule has 1 aliphatic heterocycles. The molecule has 200 valence electrons. The van der Waals surface area contributed by atoms with Crippen molar-refractivity contribution in [1.82, 2.24) is 20.1 Å². The van der Waals surface area contributed by atoms with Crippen molar-refractivity contribution in [2.75, 3.05) is 39.9 Å². The second kappa shape index (κ2) is 13.6. The van der Waals surface area contributed by atoms with E-state index in [4.69, 9.17) is 14.6 Å². The molecule has 1 aromatic heterocycles. The van der Waals surface area contributed by atoms with Gasteiger partial charge in [-0.15, -0.1) is 11.3 Å². The molecule has 0 radical (unpaired) electrons. The molecular weight excluding hydrogens is 500 g/mol. The molecule has 1 atom stereocenters. The third-order valence-corrected chi connectivity index (χ3v) is 6.77. The number of nitrogens with one attached hydrogen (secondary N) is 1. The van der Waals surface area contributed by atoms with Gasteiger partial charge in [0.1, 0.15) is 22.5 Å². The van der Waals surface area contributed by atoms with Gasteiger partial charge < -0.3 is 29.7 Å². The first kappa shape index (κ1) is 27.9. The Morgan fingerprint density at radius 2 is 1.84 bits per heavy atom. The van der Waals surface area contributed by atoms with Gasteiger partial charge in [0.25, 0.3) is 5.91 Å². The van der Waals surface area contributed by atoms with E-state index in [1.807, 2.05) is 25.1 Å². The van der Waals surface area contributed by atoms with Gasteiger partial charge in [0.05, 0.1) is 19.3 Å². The van der Waals surface area contributed by atoms with E-state index in [1.54, 1.807) is 23.5 Å². The molecule has 0 aliphatic carbocycles. The maximum atomic E-state index is 13.2. The van der Waals surface area contributed by atoms with Crippen LogP contribution in [0.25, 0.3) is 10.6 Å². The summed E-state index contributed by atoms with van der Waals surface area (Å²) >= 11 is 1.26. The van der Waals surface area contributed by atoms with E-state index in [-0.39, 0.29) is 31.6 Å². The molecule has 0 saturated carbocycles. The largest absolute Gasteiger partial charge is 0.496 e. The molecule has 0 spiro atoms. The predicted octanol–water partition coefficient (Wildman–Crippen LogP) is 2.86. The van der Waals surface area contributed by atoms with Crippen molar-refractivity contribution in [1.29, 1.82) is 0 Å². The van der Waals surface area contributed by atoms with Crippen molar-refractivity contribution in [2.45, 2.75) is 38.6 Å². The Kier molecular flexibility index (Phi) is 10.2. The third kappa shape index (κ3) is 7.66. The predicted molar refractivity (Wildman–Crippen MR) is 137 cm³/mol. The number of amides is 3. The van der Waals surface area contributed by atoms with Gasteiger partial charge >= 0.3 is 12.1 Å². The summed E-state index contributed by atoms with van der Waals surface area (Å²) in [6.07, 6.45) is 0.939. The fourth-order valence-electron chi connectivity index (χ4n) is 3.81. The number of nitrogens with zero attached hydrogens (tertiary/aromatic N) is 3. The lowest BCUT2D eigenvalue weighted by atomic mass is 10.1. The number of para-hydroxylation sites is 1. The van der Waals surface area contributed by atoms with Crippen LogP contribution in [0.3, 0.4) is 0 Å². The van der Waals surface area contributed by atoms with Gasteiger partial charge in [-0.2, -0.15) is 0 Å². The Morgan fingerprint density at radius 3 is 2.51 bits per heavy atom. The SMILES string of the molecule is CCCCOC(=O)N1CCN(C(=O)C(CCC(=O)O)NC(=O)c2csc(-c3ccccc3OC)n2)CC1. The summed E-state index contributed by atoms with van der Waals surface area (Å²) in [5.74, 6) is -1.42. The molecule has 1 aliphatic rings. The van der Waals surface area contributed by atoms with Crippen molar-refractivity contribution >= 4 is 35.2 Å². The highest BCUT2D eigenvalue weighted by molar-refractivity contribution is 7.13. The van der Waals surface area contributed by atoms with E-state index in [9.17, 15) is 19.2 Å². The molecule has 1 saturated heterocycles. The average molecular weight is 533 g/mol. The molecule has 1 aromatic carbocycles. The number of carbonyl (C=O) groups excluding carboxylic acids is 3. The van der Waals surface area contributed by atoms with E-state index in [0.717, 1.165) is 18.4 Å². The molecule has 2 heterocycles. The van der Waals surface area contributed by atoms with Gasteiger partial charge in [-0.05, 0) is 25.0 Å². The van der Waals surface area contributed by atoms with Gasteiger partial charge in [0.2, 0.25) is 5.91 Å². The maximum Gasteiger partial charge on any atom is 0.409 e. The van der Waals surface area contributed by atoms with E-state index in [0.29, 0.717) is 30.5 Å². The van der Waals surface area contributed by atoms with Crippen LogP contribution in [-0.2, 0) is 14.3 Å². The van der Waals surface area contributed by atoms with E-state index >= 15 is 0 Å². The van der Waals surface area contributed by atoms with Crippen molar-refractivity contribution in [3.63, 3.8) is 0 Å². The summed E-state index contributed by atoms with van der Waals surface area (Å²) in [5, 5.41) is 14.0. The zero-order valence-electron chi connectivity index (χ0n) is 21.0. The Hall–Kier alpha value is -3.67. The van der Waals surface area contributed by atoms with Crippen LogP contribution < -0.4 is 10.1 Å². The number of piperazine rings is 1. The van der Waals surface area contributed by atoms with Crippen molar-refractivity contribution < 1.29 is 33.8 Å². The molecule has 1 fully saturated rings. The first-order valence-corrected chi connectivity index (χ1v) is 13.0. The highest BCUT2D eigenvalue weighted by atomic mass is 32.1. The molecule has 2 aromatic rings. The number of aromatic nitrogens is 1. The minimum absolute atomic E-state index is 0.0668. The standard InChI is InChI=1S/C25H32N4O7S/c1-3-4-15-36-25(34)29-13-11-28(12-14-29)24(33)18(9-10-21(30)31)26-22(32)19-16-37-23(27-19)17-7-5-6-8-20(17)35-2/h5-8,16,18H,3-4,9-15H2,1-2H3,(H,26,32)(H,30,31). The minimum Gasteiger partial charge on any atom is -0.496 e. The van der Waals surface area contributed by atoms with Gasteiger partial charge in [0.15, 0.2) is 0 Å². The van der Waals surface area contributed by atoms with Gasteiger partial charge in [0, 0.05) is 38.0 Å². The molecule has 11 nitrogen and oxygen atoms in total. The highest BCUT2D eigenvalue weighted by Gasteiger charge is 2.31. The summed E-state index contributed by atoms with van der Waals surface area (Å²) in [7, 11) is 1.55. The van der Waals surface area contributed by atoms with Crippen molar-refractivity contribution in [3.8, 4) is 16.3 Å². The molecule has 0 bridgehead atoms. The average Bonchev–Trinajstić information content (AvgIpc) is 3.41. The Bertz CT molecular complexity index is 1100. The highest BCUT2D eigenvalue weighted by Crippen LogP contribution is 2.31. The Balaban J connectivity index is 1.64. The molecular formula is C25H32N4O7S. The van der Waals surface area contributed by atoms with Crippen LogP contribution in [0.15, 0.2) is 29.6 Å². The summed E-state index contributed by atoms with van der Waals surface area (Å²) in [6.45, 7) is 3.47. The fourth-order valence-corrected chi connectivity index (χ4v) is 4.63. The lowest BCUT2D eigenvalue weighted by Crippen LogP contribution is -2.56. The number of hydrogen-bond donors (Lipinski definition) is 2. The molecule has 37 heavy (non-hydrogen) atoms. The number of unbranched alkanes of at least 4 members (excludes halogenated alkanes) is 1. The van der Waals surface area contributed by atoms with Gasteiger partial charge in [-0.25, -0.2) is 9.78 Å². The van der Waals surface area contributed by atoms with Crippen LogP contribution in [0.2, 0.25) is 0 Å². The molecule has 1 unspecified atom stereocenters. The van der Waals surface area contributed by atoms with Crippen LogP contribution in [0.1, 0.15) is 43.1 Å². The number of carboxylic acid groups (broad SMARTS) is 1. The number of aliphatic carboxylic acids is 1. The van der Waals surface area contributed by atoms with Crippen LogP contribution in [0.4, 0.5) is 4.79 Å². The summed E-state index contributed by atoms with van der Waals surface area (Å²) < 4.78 is 10.6. The normalized spacial score (nSPS) is 14.1. The molecule has 12 heteroatoms. The molecule has 3 rings (SSSR count). The van der Waals surface area contributed by atoms with Crippen molar-refractivity contribution in [3.05, 3.63) is 35.3 Å². The number of carboxylic acids is 1. The first-order chi connectivity index (χ1) is 17.8. The topological polar surface area (TPSA) is 138 Å². The molecule has 2 N–H and O–H groups in total. The lowest BCUT2D eigenvalue weighted by Gasteiger charge is -2.36. The third-order valence-electron chi connectivity index (χ3n) is 5.90. The number of thiazole rings is 1. The van der Waals surface area contributed by atoms with E-state index in [1.165, 1.54) is 16.2 Å². The summed E-state index contributed by atoms with van der Waals surface area (Å²) in [6, 6.07) is 6.25. The van der Waals surface area contributed by atoms with E-state index < -0.39 is 29.9 Å². The minimum atomic E-state index is -1.07. The smallest absolute Gasteiger partial charge is 0.409 e. The number of ether oxygens (including phenoxy) is 2. The quantitative estimate of drug-likeness (QED) is 0.421. The van der Waals surface area contributed by atoms with E-state index in [2.05, 4.69) is 10.3 Å². The van der Waals surface area contributed by atoms with Crippen LogP contribution in [-0.4, -0.2) is 89.7 Å². The fraction of sp³-hybridized carbons (Fsp3) is 0.480. The van der Waals surface area contributed by atoms with Crippen LogP contribution in [0.5, 0.6) is 5.75 Å².